The highest BCUT2D eigenvalue weighted by Crippen LogP contribution is 2.39. The molecule has 0 aromatic heterocycles. The van der Waals surface area contributed by atoms with E-state index >= 15 is 0 Å². The summed E-state index contributed by atoms with van der Waals surface area (Å²) in [5.41, 5.74) is -0.633. The number of likely N-dealkylation sites (tertiary alicyclic amines) is 1. The smallest absolute Gasteiger partial charge is 0.407 e. The van der Waals surface area contributed by atoms with E-state index in [1.165, 1.54) is 4.90 Å². The van der Waals surface area contributed by atoms with Gasteiger partial charge in [-0.3, -0.25) is 4.79 Å². The molecule has 0 unspecified atom stereocenters. The van der Waals surface area contributed by atoms with Crippen molar-refractivity contribution in [1.29, 1.82) is 0 Å². The van der Waals surface area contributed by atoms with Gasteiger partial charge >= 0.3 is 12.1 Å². The lowest BCUT2D eigenvalue weighted by Gasteiger charge is -2.39. The Hall–Kier alpha value is -1.26. The lowest BCUT2D eigenvalue weighted by molar-refractivity contribution is -0.152. The van der Waals surface area contributed by atoms with Gasteiger partial charge in [0.2, 0.25) is 0 Å². The molecule has 5 heteroatoms. The summed E-state index contributed by atoms with van der Waals surface area (Å²) in [4.78, 5) is 23.6. The second-order valence-corrected chi connectivity index (χ2v) is 6.42. The Labute approximate surface area is 108 Å². The summed E-state index contributed by atoms with van der Waals surface area (Å²) in [7, 11) is 0. The van der Waals surface area contributed by atoms with Crippen LogP contribution in [-0.4, -0.2) is 40.3 Å². The van der Waals surface area contributed by atoms with E-state index in [4.69, 9.17) is 5.11 Å². The molecule has 1 aliphatic rings. The molecule has 0 aromatic rings. The summed E-state index contributed by atoms with van der Waals surface area (Å²) in [5.74, 6) is -0.781. The first-order valence-electron chi connectivity index (χ1n) is 6.38. The quantitative estimate of drug-likeness (QED) is 0.814. The summed E-state index contributed by atoms with van der Waals surface area (Å²) in [6.45, 7) is 6.93. The fourth-order valence-corrected chi connectivity index (χ4v) is 2.31. The maximum atomic E-state index is 11.5. The Bertz CT molecular complexity index is 324. The van der Waals surface area contributed by atoms with Gasteiger partial charge < -0.3 is 15.1 Å². The minimum Gasteiger partial charge on any atom is -0.481 e. The van der Waals surface area contributed by atoms with Gasteiger partial charge in [0.15, 0.2) is 0 Å². The molecule has 0 radical (unpaired) electrons. The molecule has 2 N–H and O–H groups in total. The van der Waals surface area contributed by atoms with Crippen molar-refractivity contribution in [3.8, 4) is 0 Å². The van der Waals surface area contributed by atoms with E-state index in [9.17, 15) is 14.7 Å². The molecular weight excluding hydrogens is 234 g/mol. The van der Waals surface area contributed by atoms with Gasteiger partial charge in [0.05, 0.1) is 5.41 Å². The number of rotatable bonds is 3. The van der Waals surface area contributed by atoms with Gasteiger partial charge in [0, 0.05) is 13.1 Å². The number of piperidine rings is 1. The molecule has 0 aliphatic carbocycles. The Kier molecular flexibility index (Phi) is 4.24. The zero-order valence-corrected chi connectivity index (χ0v) is 11.4. The van der Waals surface area contributed by atoms with E-state index in [2.05, 4.69) is 20.8 Å². The van der Waals surface area contributed by atoms with E-state index < -0.39 is 17.5 Å². The summed E-state index contributed by atoms with van der Waals surface area (Å²) in [6.07, 6.45) is 1.35. The zero-order chi connectivity index (χ0) is 14.0. The molecule has 5 nitrogen and oxygen atoms in total. The molecule has 0 bridgehead atoms. The molecule has 104 valence electrons. The zero-order valence-electron chi connectivity index (χ0n) is 11.4. The average Bonchev–Trinajstić information content (AvgIpc) is 2.25. The van der Waals surface area contributed by atoms with Crippen molar-refractivity contribution in [1.82, 2.24) is 4.90 Å². The van der Waals surface area contributed by atoms with Crippen LogP contribution in [0.25, 0.3) is 0 Å². The molecular formula is C13H23NO4. The van der Waals surface area contributed by atoms with Crippen LogP contribution < -0.4 is 0 Å². The van der Waals surface area contributed by atoms with Crippen LogP contribution in [0.15, 0.2) is 0 Å². The number of nitrogens with zero attached hydrogens (tertiary/aromatic N) is 1. The highest BCUT2D eigenvalue weighted by Gasteiger charge is 2.42. The van der Waals surface area contributed by atoms with Gasteiger partial charge in [0.1, 0.15) is 0 Å². The monoisotopic (exact) mass is 257 g/mol. The number of carboxylic acids is 1. The van der Waals surface area contributed by atoms with Gasteiger partial charge in [-0.05, 0) is 31.1 Å². The van der Waals surface area contributed by atoms with Crippen molar-refractivity contribution in [3.05, 3.63) is 0 Å². The van der Waals surface area contributed by atoms with Crippen molar-refractivity contribution in [2.45, 2.75) is 46.5 Å². The number of amides is 1. The minimum atomic E-state index is -0.954. The number of carboxylic acid groups (broad SMARTS) is 2. The van der Waals surface area contributed by atoms with Crippen LogP contribution in [0.4, 0.5) is 4.79 Å². The van der Waals surface area contributed by atoms with E-state index in [1.807, 2.05) is 0 Å². The van der Waals surface area contributed by atoms with Gasteiger partial charge in [0.25, 0.3) is 0 Å². The standard InChI is InChI=1S/C13H23NO4/c1-12(2,3)4-5-13(10(15)16)6-8-14(9-7-13)11(17)18/h4-9H2,1-3H3,(H,15,16)(H,17,18). The van der Waals surface area contributed by atoms with Gasteiger partial charge in [-0.25, -0.2) is 4.79 Å². The van der Waals surface area contributed by atoms with Crippen LogP contribution >= 0.6 is 0 Å². The molecule has 1 amide bonds. The lowest BCUT2D eigenvalue weighted by Crippen LogP contribution is -2.46. The molecule has 1 fully saturated rings. The maximum Gasteiger partial charge on any atom is 0.407 e. The SMILES string of the molecule is CC(C)(C)CCC1(C(=O)O)CCN(C(=O)O)CC1. The molecule has 1 aliphatic heterocycles. The minimum absolute atomic E-state index is 0.104. The molecule has 0 spiro atoms. The van der Waals surface area contributed by atoms with Crippen molar-refractivity contribution < 1.29 is 19.8 Å². The van der Waals surface area contributed by atoms with Gasteiger partial charge in [-0.2, -0.15) is 0 Å². The van der Waals surface area contributed by atoms with Crippen molar-refractivity contribution in [2.24, 2.45) is 10.8 Å². The number of hydrogen-bond donors (Lipinski definition) is 2. The fourth-order valence-electron chi connectivity index (χ4n) is 2.31. The van der Waals surface area contributed by atoms with Gasteiger partial charge in [-0.15, -0.1) is 0 Å². The Morgan fingerprint density at radius 3 is 2.00 bits per heavy atom. The predicted molar refractivity (Wildman–Crippen MR) is 67.6 cm³/mol. The Morgan fingerprint density at radius 1 is 1.17 bits per heavy atom. The summed E-state index contributed by atoms with van der Waals surface area (Å²) in [5, 5.41) is 18.3. The normalized spacial score (nSPS) is 19.6. The van der Waals surface area contributed by atoms with E-state index in [1.54, 1.807) is 0 Å². The number of hydrogen-bond acceptors (Lipinski definition) is 2. The van der Waals surface area contributed by atoms with Crippen LogP contribution in [0.3, 0.4) is 0 Å². The lowest BCUT2D eigenvalue weighted by atomic mass is 9.72. The second-order valence-electron chi connectivity index (χ2n) is 6.42. The van der Waals surface area contributed by atoms with Crippen LogP contribution in [0.2, 0.25) is 0 Å². The van der Waals surface area contributed by atoms with Crippen molar-refractivity contribution in [3.63, 3.8) is 0 Å². The fraction of sp³-hybridized carbons (Fsp3) is 0.846. The second kappa shape index (κ2) is 5.16. The third kappa shape index (κ3) is 3.62. The molecule has 0 aromatic carbocycles. The van der Waals surface area contributed by atoms with Crippen molar-refractivity contribution >= 4 is 12.1 Å². The topological polar surface area (TPSA) is 77.8 Å². The molecule has 1 rings (SSSR count). The first-order valence-corrected chi connectivity index (χ1v) is 6.38. The summed E-state index contributed by atoms with van der Waals surface area (Å²) in [6, 6.07) is 0. The van der Waals surface area contributed by atoms with Crippen LogP contribution in [0.1, 0.15) is 46.5 Å². The Morgan fingerprint density at radius 2 is 1.67 bits per heavy atom. The molecule has 0 saturated carbocycles. The molecule has 1 heterocycles. The highest BCUT2D eigenvalue weighted by atomic mass is 16.4. The van der Waals surface area contributed by atoms with Crippen molar-refractivity contribution in [2.75, 3.05) is 13.1 Å². The average molecular weight is 257 g/mol. The number of aliphatic carboxylic acids is 1. The van der Waals surface area contributed by atoms with Gasteiger partial charge in [-0.1, -0.05) is 20.8 Å². The third-order valence-corrected chi connectivity index (χ3v) is 3.80. The van der Waals surface area contributed by atoms with E-state index in [-0.39, 0.29) is 5.41 Å². The van der Waals surface area contributed by atoms with Crippen LogP contribution in [-0.2, 0) is 4.79 Å². The largest absolute Gasteiger partial charge is 0.481 e. The highest BCUT2D eigenvalue weighted by molar-refractivity contribution is 5.75. The summed E-state index contributed by atoms with van der Waals surface area (Å²) >= 11 is 0. The maximum absolute atomic E-state index is 11.5. The Balaban J connectivity index is 2.67. The van der Waals surface area contributed by atoms with Crippen LogP contribution in [0.5, 0.6) is 0 Å². The van der Waals surface area contributed by atoms with E-state index in [0.29, 0.717) is 32.4 Å². The van der Waals surface area contributed by atoms with E-state index in [0.717, 1.165) is 6.42 Å². The molecule has 18 heavy (non-hydrogen) atoms. The van der Waals surface area contributed by atoms with Crippen LogP contribution in [0, 0.1) is 10.8 Å². The molecule has 0 atom stereocenters. The first-order chi connectivity index (χ1) is 8.16. The summed E-state index contributed by atoms with van der Waals surface area (Å²) < 4.78 is 0. The molecule has 1 saturated heterocycles. The predicted octanol–water partition coefficient (Wildman–Crippen LogP) is 2.66. The third-order valence-electron chi connectivity index (χ3n) is 3.80. The number of carbonyl (C=O) groups is 2. The first kappa shape index (κ1) is 14.8.